The molecule has 4 rings (SSSR count). The van der Waals surface area contributed by atoms with Crippen LogP contribution in [0.1, 0.15) is 48.5 Å². The molecule has 0 spiro atoms. The molecular weight excluding hydrogens is 302 g/mol. The zero-order chi connectivity index (χ0) is 16.8. The standard InChI is InChI=1S/C19H25N3O2/c1-12(23)22-8-7-13-9-14(3-6-18(13)22)19(24)21(2)17-10-15-4-5-16(11-17)20-15/h3,6,9,15-17,20H,4-5,7-8,10-11H2,1-2H3. The van der Waals surface area contributed by atoms with Gasteiger partial charge in [0.15, 0.2) is 0 Å². The van der Waals surface area contributed by atoms with Crippen molar-refractivity contribution < 1.29 is 9.59 Å². The van der Waals surface area contributed by atoms with Gasteiger partial charge in [-0.25, -0.2) is 0 Å². The molecule has 2 amide bonds. The van der Waals surface area contributed by atoms with Crippen molar-refractivity contribution in [3.8, 4) is 0 Å². The summed E-state index contributed by atoms with van der Waals surface area (Å²) in [4.78, 5) is 28.3. The largest absolute Gasteiger partial charge is 0.339 e. The average Bonchev–Trinajstić information content (AvgIpc) is 3.15. The third-order valence-electron chi connectivity index (χ3n) is 5.92. The predicted octanol–water partition coefficient (Wildman–Crippen LogP) is 1.95. The fourth-order valence-electron chi connectivity index (χ4n) is 4.57. The van der Waals surface area contributed by atoms with Gasteiger partial charge in [-0.05, 0) is 55.9 Å². The summed E-state index contributed by atoms with van der Waals surface area (Å²) < 4.78 is 0. The number of rotatable bonds is 2. The zero-order valence-electron chi connectivity index (χ0n) is 14.4. The van der Waals surface area contributed by atoms with Gasteiger partial charge < -0.3 is 15.1 Å². The van der Waals surface area contributed by atoms with Gasteiger partial charge in [0.2, 0.25) is 5.91 Å². The Bertz CT molecular complexity index is 675. The maximum atomic E-state index is 12.9. The topological polar surface area (TPSA) is 52.7 Å². The Morgan fingerprint density at radius 2 is 1.92 bits per heavy atom. The molecule has 2 atom stereocenters. The number of fused-ring (bicyclic) bond motifs is 3. The molecule has 0 aliphatic carbocycles. The SMILES string of the molecule is CC(=O)N1CCc2cc(C(=O)N(C)C3CC4CCC(C3)N4)ccc21. The lowest BCUT2D eigenvalue weighted by molar-refractivity contribution is -0.116. The Hall–Kier alpha value is -1.88. The molecule has 5 heteroatoms. The van der Waals surface area contributed by atoms with Crippen molar-refractivity contribution in [1.82, 2.24) is 10.2 Å². The summed E-state index contributed by atoms with van der Waals surface area (Å²) >= 11 is 0. The molecule has 1 N–H and O–H groups in total. The first kappa shape index (κ1) is 15.6. The van der Waals surface area contributed by atoms with Crippen LogP contribution in [0.3, 0.4) is 0 Å². The molecule has 1 aromatic rings. The second kappa shape index (κ2) is 5.88. The first-order chi connectivity index (χ1) is 11.5. The van der Waals surface area contributed by atoms with E-state index in [-0.39, 0.29) is 11.8 Å². The highest BCUT2D eigenvalue weighted by atomic mass is 16.2. The first-order valence-electron chi connectivity index (χ1n) is 8.97. The van der Waals surface area contributed by atoms with Crippen molar-refractivity contribution >= 4 is 17.5 Å². The van der Waals surface area contributed by atoms with Crippen LogP contribution in [-0.2, 0) is 11.2 Å². The number of amides is 2. The summed E-state index contributed by atoms with van der Waals surface area (Å²) in [5.74, 6) is 0.167. The molecule has 3 heterocycles. The maximum absolute atomic E-state index is 12.9. The third kappa shape index (κ3) is 2.61. The maximum Gasteiger partial charge on any atom is 0.253 e. The van der Waals surface area contributed by atoms with E-state index in [0.29, 0.717) is 18.1 Å². The van der Waals surface area contributed by atoms with Crippen LogP contribution in [0.15, 0.2) is 18.2 Å². The molecule has 24 heavy (non-hydrogen) atoms. The van der Waals surface area contributed by atoms with E-state index in [1.54, 1.807) is 11.8 Å². The number of benzene rings is 1. The van der Waals surface area contributed by atoms with Crippen molar-refractivity contribution in [3.63, 3.8) is 0 Å². The van der Waals surface area contributed by atoms with Crippen molar-refractivity contribution in [1.29, 1.82) is 0 Å². The fourth-order valence-corrected chi connectivity index (χ4v) is 4.57. The molecule has 2 fully saturated rings. The van der Waals surface area contributed by atoms with Gasteiger partial charge in [-0.3, -0.25) is 9.59 Å². The number of hydrogen-bond acceptors (Lipinski definition) is 3. The highest BCUT2D eigenvalue weighted by Gasteiger charge is 2.36. The van der Waals surface area contributed by atoms with Crippen LogP contribution >= 0.6 is 0 Å². The molecule has 0 aromatic heterocycles. The van der Waals surface area contributed by atoms with Crippen LogP contribution in [0.25, 0.3) is 0 Å². The minimum atomic E-state index is 0.0649. The Morgan fingerprint density at radius 1 is 1.21 bits per heavy atom. The lowest BCUT2D eigenvalue weighted by Gasteiger charge is -2.35. The number of carbonyl (C=O) groups excluding carboxylic acids is 2. The van der Waals surface area contributed by atoms with Gasteiger partial charge in [0, 0.05) is 49.9 Å². The zero-order valence-corrected chi connectivity index (χ0v) is 14.4. The summed E-state index contributed by atoms with van der Waals surface area (Å²) in [6.45, 7) is 2.31. The Morgan fingerprint density at radius 3 is 2.58 bits per heavy atom. The predicted molar refractivity (Wildman–Crippen MR) is 93.2 cm³/mol. The van der Waals surface area contributed by atoms with Gasteiger partial charge in [0.05, 0.1) is 0 Å². The molecule has 1 aromatic carbocycles. The monoisotopic (exact) mass is 327 g/mol. The van der Waals surface area contributed by atoms with E-state index >= 15 is 0 Å². The van der Waals surface area contributed by atoms with Gasteiger partial charge in [-0.2, -0.15) is 0 Å². The van der Waals surface area contributed by atoms with Gasteiger partial charge in [0.1, 0.15) is 0 Å². The van der Waals surface area contributed by atoms with Gasteiger partial charge in [0.25, 0.3) is 5.91 Å². The summed E-state index contributed by atoms with van der Waals surface area (Å²) in [6.07, 6.45) is 5.42. The lowest BCUT2D eigenvalue weighted by atomic mass is 9.97. The van der Waals surface area contributed by atoms with Crippen molar-refractivity contribution in [2.24, 2.45) is 0 Å². The van der Waals surface area contributed by atoms with Gasteiger partial charge in [-0.1, -0.05) is 0 Å². The van der Waals surface area contributed by atoms with E-state index in [4.69, 9.17) is 0 Å². The summed E-state index contributed by atoms with van der Waals surface area (Å²) in [6, 6.07) is 7.26. The van der Waals surface area contributed by atoms with E-state index in [1.807, 2.05) is 30.1 Å². The van der Waals surface area contributed by atoms with Crippen LogP contribution in [0.2, 0.25) is 0 Å². The van der Waals surface area contributed by atoms with E-state index in [2.05, 4.69) is 5.32 Å². The normalized spacial score (nSPS) is 27.9. The van der Waals surface area contributed by atoms with Crippen molar-refractivity contribution in [2.45, 2.75) is 57.2 Å². The van der Waals surface area contributed by atoms with Crippen LogP contribution < -0.4 is 10.2 Å². The molecule has 3 aliphatic rings. The molecule has 2 unspecified atom stereocenters. The smallest absolute Gasteiger partial charge is 0.253 e. The molecule has 0 radical (unpaired) electrons. The summed E-state index contributed by atoms with van der Waals surface area (Å²) in [7, 11) is 1.94. The van der Waals surface area contributed by atoms with Gasteiger partial charge in [-0.15, -0.1) is 0 Å². The molecule has 3 aliphatic heterocycles. The van der Waals surface area contributed by atoms with E-state index in [1.165, 1.54) is 12.8 Å². The average molecular weight is 327 g/mol. The number of nitrogens with zero attached hydrogens (tertiary/aromatic N) is 2. The molecule has 5 nitrogen and oxygen atoms in total. The van der Waals surface area contributed by atoms with Crippen LogP contribution in [0.4, 0.5) is 5.69 Å². The quantitative estimate of drug-likeness (QED) is 0.903. The lowest BCUT2D eigenvalue weighted by Crippen LogP contribution is -2.48. The van der Waals surface area contributed by atoms with Crippen LogP contribution in [0, 0.1) is 0 Å². The highest BCUT2D eigenvalue weighted by Crippen LogP contribution is 2.32. The van der Waals surface area contributed by atoms with Crippen molar-refractivity contribution in [2.75, 3.05) is 18.5 Å². The number of anilines is 1. The second-order valence-corrected chi connectivity index (χ2v) is 7.44. The van der Waals surface area contributed by atoms with Crippen LogP contribution in [-0.4, -0.2) is 48.4 Å². The molecule has 2 saturated heterocycles. The number of nitrogens with one attached hydrogen (secondary N) is 1. The Labute approximate surface area is 143 Å². The minimum Gasteiger partial charge on any atom is -0.339 e. The minimum absolute atomic E-state index is 0.0649. The fraction of sp³-hybridized carbons (Fsp3) is 0.579. The van der Waals surface area contributed by atoms with E-state index < -0.39 is 0 Å². The first-order valence-corrected chi connectivity index (χ1v) is 8.97. The highest BCUT2D eigenvalue weighted by molar-refractivity contribution is 5.97. The number of hydrogen-bond donors (Lipinski definition) is 1. The Kier molecular flexibility index (Phi) is 3.83. The van der Waals surface area contributed by atoms with E-state index in [9.17, 15) is 9.59 Å². The second-order valence-electron chi connectivity index (χ2n) is 7.44. The van der Waals surface area contributed by atoms with Gasteiger partial charge >= 0.3 is 0 Å². The van der Waals surface area contributed by atoms with E-state index in [0.717, 1.165) is 42.6 Å². The molecule has 128 valence electrons. The third-order valence-corrected chi connectivity index (χ3v) is 5.92. The van der Waals surface area contributed by atoms with Crippen LogP contribution in [0.5, 0.6) is 0 Å². The molecule has 0 saturated carbocycles. The summed E-state index contributed by atoms with van der Waals surface area (Å²) in [5.41, 5.74) is 2.81. The van der Waals surface area contributed by atoms with Crippen molar-refractivity contribution in [3.05, 3.63) is 29.3 Å². The number of carbonyl (C=O) groups is 2. The molecule has 2 bridgehead atoms. The molecular formula is C19H25N3O2. The summed E-state index contributed by atoms with van der Waals surface area (Å²) in [5, 5.41) is 3.63. The number of piperidine rings is 1. The Balaban J connectivity index is 1.51.